The Morgan fingerprint density at radius 3 is 2.21 bits per heavy atom. The van der Waals surface area contributed by atoms with Gasteiger partial charge in [0.15, 0.2) is 5.78 Å². The van der Waals surface area contributed by atoms with E-state index in [9.17, 15) is 22.6 Å². The number of esters is 1. The summed E-state index contributed by atoms with van der Waals surface area (Å²) in [5.41, 5.74) is 0. The van der Waals surface area contributed by atoms with Gasteiger partial charge in [-0.3, -0.25) is 9.59 Å². The van der Waals surface area contributed by atoms with Crippen LogP contribution >= 0.6 is 0 Å². The molecule has 7 heteroatoms. The van der Waals surface area contributed by atoms with Gasteiger partial charge in [0.2, 0.25) is 0 Å². The largest absolute Gasteiger partial charge is 0.748 e. The Bertz CT molecular complexity index is 315. The third-order valence-electron chi connectivity index (χ3n) is 1.05. The van der Waals surface area contributed by atoms with E-state index >= 15 is 0 Å². The molecule has 0 aliphatic rings. The summed E-state index contributed by atoms with van der Waals surface area (Å²) in [6, 6.07) is 0. The molecule has 0 bridgehead atoms. The van der Waals surface area contributed by atoms with Crippen molar-refractivity contribution in [3.8, 4) is 0 Å². The highest BCUT2D eigenvalue weighted by Gasteiger charge is 2.14. The lowest BCUT2D eigenvalue weighted by atomic mass is 10.3. The van der Waals surface area contributed by atoms with Gasteiger partial charge in [0.1, 0.15) is 16.5 Å². The van der Waals surface area contributed by atoms with Gasteiger partial charge in [-0.15, -0.1) is 0 Å². The van der Waals surface area contributed by atoms with Gasteiger partial charge in [-0.25, -0.2) is 8.42 Å². The molecule has 0 fully saturated rings. The highest BCUT2D eigenvalue weighted by atomic mass is 32.2. The lowest BCUT2D eigenvalue weighted by Gasteiger charge is -2.08. The molecule has 0 aliphatic heterocycles. The summed E-state index contributed by atoms with van der Waals surface area (Å²) in [5.74, 6) is -2.94. The second-order valence-corrected chi connectivity index (χ2v) is 4.36. The third kappa shape index (κ3) is 7.69. The predicted molar refractivity (Wildman–Crippen MR) is 45.4 cm³/mol. The van der Waals surface area contributed by atoms with Gasteiger partial charge < -0.3 is 9.29 Å². The fraction of sp³-hybridized carbons (Fsp3) is 0.714. The Kier molecular flexibility index (Phi) is 4.72. The fourth-order valence-corrected chi connectivity index (χ4v) is 1.21. The molecule has 0 aliphatic carbocycles. The maximum Gasteiger partial charge on any atom is 0.313 e. The molecular formula is C7H11O6S-. The van der Waals surface area contributed by atoms with Crippen molar-refractivity contribution in [1.82, 2.24) is 0 Å². The monoisotopic (exact) mass is 223 g/mol. The molecule has 0 aromatic carbocycles. The molecule has 6 nitrogen and oxygen atoms in total. The first-order valence-corrected chi connectivity index (χ1v) is 5.43. The first-order valence-electron chi connectivity index (χ1n) is 3.85. The Hall–Kier alpha value is -0.950. The van der Waals surface area contributed by atoms with Gasteiger partial charge >= 0.3 is 5.97 Å². The van der Waals surface area contributed by atoms with Gasteiger partial charge in [-0.05, 0) is 13.8 Å². The molecule has 0 aromatic rings. The van der Waals surface area contributed by atoms with E-state index < -0.39 is 34.0 Å². The Morgan fingerprint density at radius 2 is 1.86 bits per heavy atom. The Morgan fingerprint density at radius 1 is 1.36 bits per heavy atom. The zero-order valence-electron chi connectivity index (χ0n) is 7.85. The van der Waals surface area contributed by atoms with E-state index in [1.165, 1.54) is 0 Å². The lowest BCUT2D eigenvalue weighted by Crippen LogP contribution is -2.21. The Labute approximate surface area is 82.0 Å². The highest BCUT2D eigenvalue weighted by molar-refractivity contribution is 7.86. The number of carbonyl (C=O) groups excluding carboxylic acids is 2. The summed E-state index contributed by atoms with van der Waals surface area (Å²) in [4.78, 5) is 21.6. The molecule has 0 unspecified atom stereocenters. The molecule has 0 radical (unpaired) electrons. The van der Waals surface area contributed by atoms with E-state index in [-0.39, 0.29) is 6.10 Å². The lowest BCUT2D eigenvalue weighted by molar-refractivity contribution is -0.149. The van der Waals surface area contributed by atoms with Crippen molar-refractivity contribution < 1.29 is 27.3 Å². The first-order chi connectivity index (χ1) is 6.20. The van der Waals surface area contributed by atoms with E-state index in [4.69, 9.17) is 0 Å². The zero-order chi connectivity index (χ0) is 11.4. The van der Waals surface area contributed by atoms with Crippen LogP contribution in [-0.4, -0.2) is 36.6 Å². The summed E-state index contributed by atoms with van der Waals surface area (Å²) < 4.78 is 34.9. The van der Waals surface area contributed by atoms with Crippen molar-refractivity contribution in [2.75, 3.05) is 5.75 Å². The minimum absolute atomic E-state index is 0.376. The maximum absolute atomic E-state index is 10.8. The van der Waals surface area contributed by atoms with Crippen LogP contribution in [0, 0.1) is 0 Å². The van der Waals surface area contributed by atoms with Crippen LogP contribution < -0.4 is 0 Å². The summed E-state index contributed by atoms with van der Waals surface area (Å²) in [7, 11) is -4.60. The van der Waals surface area contributed by atoms with Gasteiger partial charge in [0.25, 0.3) is 0 Å². The number of ketones is 1. The molecule has 82 valence electrons. The Balaban J connectivity index is 4.02. The number of hydrogen-bond acceptors (Lipinski definition) is 6. The third-order valence-corrected chi connectivity index (χ3v) is 1.72. The molecule has 0 saturated carbocycles. The average Bonchev–Trinajstić information content (AvgIpc) is 1.77. The highest BCUT2D eigenvalue weighted by Crippen LogP contribution is 1.96. The number of hydrogen-bond donors (Lipinski definition) is 0. The van der Waals surface area contributed by atoms with Crippen LogP contribution in [-0.2, 0) is 24.4 Å². The maximum atomic E-state index is 10.8. The molecule has 14 heavy (non-hydrogen) atoms. The summed E-state index contributed by atoms with van der Waals surface area (Å²) in [5, 5.41) is 0. The van der Waals surface area contributed by atoms with E-state index in [1.54, 1.807) is 13.8 Å². The molecule has 0 saturated heterocycles. The normalized spacial score (nSPS) is 11.4. The number of Topliss-reactive ketones (excluding diaryl/α,β-unsaturated/α-hetero) is 1. The average molecular weight is 223 g/mol. The van der Waals surface area contributed by atoms with Crippen molar-refractivity contribution in [2.24, 2.45) is 0 Å². The van der Waals surface area contributed by atoms with Gasteiger partial charge in [-0.1, -0.05) is 0 Å². The van der Waals surface area contributed by atoms with Crippen molar-refractivity contribution >= 4 is 21.9 Å². The van der Waals surface area contributed by atoms with E-state index in [0.29, 0.717) is 0 Å². The fourth-order valence-electron chi connectivity index (χ4n) is 0.714. The summed E-state index contributed by atoms with van der Waals surface area (Å²) in [6.07, 6.45) is -1.06. The summed E-state index contributed by atoms with van der Waals surface area (Å²) in [6.45, 7) is 3.18. The number of carbonyl (C=O) groups is 2. The SMILES string of the molecule is CC(C)OC(=O)CC(=O)CS(=O)(=O)[O-]. The van der Waals surface area contributed by atoms with Gasteiger partial charge in [-0.2, -0.15) is 0 Å². The van der Waals surface area contributed by atoms with Crippen molar-refractivity contribution in [3.63, 3.8) is 0 Å². The molecule has 0 atom stereocenters. The minimum atomic E-state index is -4.60. The van der Waals surface area contributed by atoms with E-state index in [0.717, 1.165) is 0 Å². The second-order valence-electron chi connectivity index (χ2n) is 2.96. The van der Waals surface area contributed by atoms with Crippen LogP contribution in [0.1, 0.15) is 20.3 Å². The van der Waals surface area contributed by atoms with Gasteiger partial charge in [0, 0.05) is 0 Å². The summed E-state index contributed by atoms with van der Waals surface area (Å²) >= 11 is 0. The number of ether oxygens (including phenoxy) is 1. The van der Waals surface area contributed by atoms with Crippen LogP contribution in [0.5, 0.6) is 0 Å². The van der Waals surface area contributed by atoms with Crippen molar-refractivity contribution in [1.29, 1.82) is 0 Å². The van der Waals surface area contributed by atoms with Crippen molar-refractivity contribution in [3.05, 3.63) is 0 Å². The molecule has 0 rings (SSSR count). The molecule has 0 heterocycles. The van der Waals surface area contributed by atoms with Gasteiger partial charge in [0.05, 0.1) is 11.9 Å². The predicted octanol–water partition coefficient (Wildman–Crippen LogP) is -0.558. The van der Waals surface area contributed by atoms with E-state index in [2.05, 4.69) is 4.74 Å². The molecule has 0 spiro atoms. The van der Waals surface area contributed by atoms with Crippen LogP contribution in [0.4, 0.5) is 0 Å². The van der Waals surface area contributed by atoms with E-state index in [1.807, 2.05) is 0 Å². The second kappa shape index (κ2) is 5.06. The standard InChI is InChI=1S/C7H12O6S/c1-5(2)13-7(9)3-6(8)4-14(10,11)12/h5H,3-4H2,1-2H3,(H,10,11,12)/p-1. The van der Waals surface area contributed by atoms with Crippen LogP contribution in [0.2, 0.25) is 0 Å². The smallest absolute Gasteiger partial charge is 0.313 e. The van der Waals surface area contributed by atoms with Crippen LogP contribution in [0.25, 0.3) is 0 Å². The molecule has 0 amide bonds. The topological polar surface area (TPSA) is 101 Å². The first kappa shape index (κ1) is 13.1. The van der Waals surface area contributed by atoms with Crippen LogP contribution in [0.3, 0.4) is 0 Å². The number of rotatable bonds is 5. The molecule has 0 N–H and O–H groups in total. The molecule has 0 aromatic heterocycles. The van der Waals surface area contributed by atoms with Crippen molar-refractivity contribution in [2.45, 2.75) is 26.4 Å². The van der Waals surface area contributed by atoms with Crippen LogP contribution in [0.15, 0.2) is 0 Å². The quantitative estimate of drug-likeness (QED) is 0.352. The zero-order valence-corrected chi connectivity index (χ0v) is 8.67. The molecular weight excluding hydrogens is 212 g/mol. The minimum Gasteiger partial charge on any atom is -0.748 e.